The van der Waals surface area contributed by atoms with Crippen LogP contribution in [-0.2, 0) is 18.2 Å². The van der Waals surface area contributed by atoms with E-state index in [1.54, 1.807) is 24.3 Å². The van der Waals surface area contributed by atoms with E-state index < -0.39 is 20.5 Å². The number of halogens is 2. The molecule has 4 aromatic carbocycles. The molecule has 4 nitrogen and oxygen atoms in total. The number of anilines is 1. The van der Waals surface area contributed by atoms with Crippen LogP contribution in [0.5, 0.6) is 11.5 Å². The number of rotatable bonds is 3. The summed E-state index contributed by atoms with van der Waals surface area (Å²) in [6.07, 6.45) is 0. The van der Waals surface area contributed by atoms with E-state index in [-0.39, 0.29) is 11.8 Å². The quantitative estimate of drug-likeness (QED) is 0.181. The molecule has 0 spiro atoms. The predicted molar refractivity (Wildman–Crippen MR) is 149 cm³/mol. The molecular weight excluding hydrogens is 594 g/mol. The lowest BCUT2D eigenvalue weighted by atomic mass is 9.54. The third kappa shape index (κ3) is 2.94. The monoisotopic (exact) mass is 613 g/mol. The minimum atomic E-state index is -0.796. The van der Waals surface area contributed by atoms with Crippen molar-refractivity contribution < 1.29 is 14.3 Å². The number of carbonyl (C=O) groups is 2. The van der Waals surface area contributed by atoms with Crippen LogP contribution in [-0.4, -0.2) is 11.8 Å². The van der Waals surface area contributed by atoms with E-state index >= 15 is 0 Å². The summed E-state index contributed by atoms with van der Waals surface area (Å²) >= 11 is 8.09. The molecule has 2 amide bonds. The van der Waals surface area contributed by atoms with Crippen molar-refractivity contribution in [1.29, 1.82) is 0 Å². The van der Waals surface area contributed by atoms with Crippen LogP contribution in [0.4, 0.5) is 5.69 Å². The van der Waals surface area contributed by atoms with Gasteiger partial charge in [-0.1, -0.05) is 92.5 Å². The second kappa shape index (κ2) is 7.89. The Hall–Kier alpha value is -3.22. The highest BCUT2D eigenvalue weighted by Crippen LogP contribution is 2.70. The molecule has 0 saturated carbocycles. The first-order chi connectivity index (χ1) is 17.8. The summed E-state index contributed by atoms with van der Waals surface area (Å²) in [5, 5.41) is 0. The summed E-state index contributed by atoms with van der Waals surface area (Å²) in [7, 11) is 0. The van der Waals surface area contributed by atoms with Crippen LogP contribution in [0.1, 0.15) is 27.8 Å². The number of hydrogen-bond acceptors (Lipinski definition) is 3. The molecular formula is C31H21Br2NO3. The van der Waals surface area contributed by atoms with Gasteiger partial charge in [-0.15, -0.1) is 0 Å². The Morgan fingerprint density at radius 2 is 1.14 bits per heavy atom. The lowest BCUT2D eigenvalue weighted by molar-refractivity contribution is -0.122. The third-order valence-electron chi connectivity index (χ3n) is 7.91. The normalized spacial score (nSPS) is 27.1. The summed E-state index contributed by atoms with van der Waals surface area (Å²) in [5.74, 6) is -0.208. The number of amides is 2. The minimum Gasteiger partial charge on any atom is -0.457 e. The van der Waals surface area contributed by atoms with Gasteiger partial charge in [0.2, 0.25) is 11.8 Å². The van der Waals surface area contributed by atoms with Crippen molar-refractivity contribution in [2.45, 2.75) is 15.6 Å². The van der Waals surface area contributed by atoms with Gasteiger partial charge in [0.1, 0.15) is 11.5 Å². The summed E-state index contributed by atoms with van der Waals surface area (Å²) < 4.78 is 4.39. The van der Waals surface area contributed by atoms with Gasteiger partial charge < -0.3 is 4.74 Å². The van der Waals surface area contributed by atoms with Crippen molar-refractivity contribution in [3.8, 4) is 11.5 Å². The highest BCUT2D eigenvalue weighted by Gasteiger charge is 2.72. The molecule has 1 fully saturated rings. The summed E-state index contributed by atoms with van der Waals surface area (Å²) in [4.78, 5) is 29.6. The molecule has 0 unspecified atom stereocenters. The van der Waals surface area contributed by atoms with Gasteiger partial charge in [0.05, 0.1) is 26.2 Å². The maximum atomic E-state index is 14.1. The fourth-order valence-corrected chi connectivity index (χ4v) is 8.70. The molecule has 2 atom stereocenters. The molecule has 0 aromatic heterocycles. The second-order valence-corrected chi connectivity index (χ2v) is 12.4. The SMILES string of the molecule is Cc1cccc(Oc2ccc(N3C(=O)[C@@H]4[C@@H](C3=O)C3(Br)c5ccccc5C4(Br)c4ccccc43)cc2)c1. The van der Waals surface area contributed by atoms with Gasteiger partial charge >= 0.3 is 0 Å². The zero-order valence-corrected chi connectivity index (χ0v) is 23.0. The largest absolute Gasteiger partial charge is 0.457 e. The molecule has 1 heterocycles. The van der Waals surface area contributed by atoms with E-state index in [2.05, 4.69) is 56.1 Å². The number of nitrogens with zero attached hydrogens (tertiary/aromatic N) is 1. The summed E-state index contributed by atoms with van der Waals surface area (Å²) in [5.41, 5.74) is 5.75. The maximum absolute atomic E-state index is 14.1. The molecule has 1 aliphatic heterocycles. The zero-order chi connectivity index (χ0) is 25.5. The van der Waals surface area contributed by atoms with Crippen LogP contribution in [0, 0.1) is 18.8 Å². The molecule has 182 valence electrons. The van der Waals surface area contributed by atoms with Crippen LogP contribution in [0.15, 0.2) is 97.1 Å². The standard InChI is InChI=1S/C31H21Br2NO3/c1-18-7-6-8-21(17-18)37-20-15-13-19(14-16-20)34-28(35)26-27(29(34)36)31(33)23-10-3-2-9-22(23)30(26,32)24-11-4-5-12-25(24)31/h2-17,26-27H,1H3/t26-,27-,30?,31?/m0/s1. The lowest BCUT2D eigenvalue weighted by Crippen LogP contribution is -2.56. The fourth-order valence-electron chi connectivity index (χ4n) is 6.40. The van der Waals surface area contributed by atoms with E-state index in [9.17, 15) is 9.59 Å². The van der Waals surface area contributed by atoms with Crippen LogP contribution in [0.2, 0.25) is 0 Å². The van der Waals surface area contributed by atoms with Crippen molar-refractivity contribution in [2.75, 3.05) is 4.90 Å². The van der Waals surface area contributed by atoms with E-state index in [1.807, 2.05) is 55.5 Å². The first-order valence-corrected chi connectivity index (χ1v) is 13.7. The van der Waals surface area contributed by atoms with Crippen molar-refractivity contribution in [3.05, 3.63) is 125 Å². The van der Waals surface area contributed by atoms with E-state index in [0.717, 1.165) is 33.6 Å². The minimum absolute atomic E-state index is 0.202. The van der Waals surface area contributed by atoms with E-state index in [4.69, 9.17) is 4.74 Å². The lowest BCUT2D eigenvalue weighted by Gasteiger charge is -2.55. The average molecular weight is 615 g/mol. The number of aryl methyl sites for hydroxylation is 1. The van der Waals surface area contributed by atoms with Crippen LogP contribution in [0.3, 0.4) is 0 Å². The highest BCUT2D eigenvalue weighted by atomic mass is 79.9. The van der Waals surface area contributed by atoms with Crippen molar-refractivity contribution in [2.24, 2.45) is 11.8 Å². The Morgan fingerprint density at radius 3 is 1.59 bits per heavy atom. The molecule has 6 heteroatoms. The Kier molecular flexibility index (Phi) is 4.89. The Labute approximate surface area is 231 Å². The van der Waals surface area contributed by atoms with Gasteiger partial charge in [0.25, 0.3) is 0 Å². The summed E-state index contributed by atoms with van der Waals surface area (Å²) in [6.45, 7) is 2.01. The Bertz CT molecular complexity index is 1490. The van der Waals surface area contributed by atoms with Gasteiger partial charge in [-0.2, -0.15) is 0 Å². The number of alkyl halides is 2. The Morgan fingerprint density at radius 1 is 0.649 bits per heavy atom. The number of imide groups is 1. The fraction of sp³-hybridized carbons (Fsp3) is 0.161. The van der Waals surface area contributed by atoms with Gasteiger partial charge in [-0.05, 0) is 71.1 Å². The molecule has 4 aliphatic rings. The molecule has 8 rings (SSSR count). The Balaban J connectivity index is 1.32. The number of benzene rings is 4. The third-order valence-corrected chi connectivity index (χ3v) is 10.6. The molecule has 37 heavy (non-hydrogen) atoms. The maximum Gasteiger partial charge on any atom is 0.239 e. The van der Waals surface area contributed by atoms with Gasteiger partial charge in [0.15, 0.2) is 0 Å². The van der Waals surface area contributed by atoms with Gasteiger partial charge in [-0.3, -0.25) is 9.59 Å². The van der Waals surface area contributed by atoms with Gasteiger partial charge in [-0.25, -0.2) is 4.90 Å². The second-order valence-electron chi connectivity index (χ2n) is 9.89. The van der Waals surface area contributed by atoms with Gasteiger partial charge in [0, 0.05) is 0 Å². The van der Waals surface area contributed by atoms with Crippen molar-refractivity contribution in [1.82, 2.24) is 0 Å². The topological polar surface area (TPSA) is 46.6 Å². The highest BCUT2D eigenvalue weighted by molar-refractivity contribution is 9.10. The smallest absolute Gasteiger partial charge is 0.239 e. The van der Waals surface area contributed by atoms with Crippen LogP contribution in [0.25, 0.3) is 0 Å². The van der Waals surface area contributed by atoms with E-state index in [0.29, 0.717) is 11.4 Å². The van der Waals surface area contributed by atoms with Crippen LogP contribution >= 0.6 is 31.9 Å². The first kappa shape index (κ1) is 22.9. The molecule has 2 bridgehead atoms. The van der Waals surface area contributed by atoms with Crippen molar-refractivity contribution in [3.63, 3.8) is 0 Å². The van der Waals surface area contributed by atoms with E-state index in [1.165, 1.54) is 4.90 Å². The number of hydrogen-bond donors (Lipinski definition) is 0. The summed E-state index contributed by atoms with van der Waals surface area (Å²) in [6, 6.07) is 31.2. The average Bonchev–Trinajstić information content (AvgIpc) is 3.19. The molecule has 0 radical (unpaired) electrons. The molecule has 1 saturated heterocycles. The number of ether oxygens (including phenoxy) is 1. The molecule has 3 aliphatic carbocycles. The zero-order valence-electron chi connectivity index (χ0n) is 19.8. The van der Waals surface area contributed by atoms with Crippen molar-refractivity contribution >= 4 is 49.4 Å². The number of carbonyl (C=O) groups excluding carboxylic acids is 2. The molecule has 4 aromatic rings. The first-order valence-electron chi connectivity index (χ1n) is 12.2. The predicted octanol–water partition coefficient (Wildman–Crippen LogP) is 7.20. The molecule has 0 N–H and O–H groups in total. The van der Waals surface area contributed by atoms with Crippen LogP contribution < -0.4 is 9.64 Å².